The SMILES string of the molecule is COc1ccc(C)cc1N1CCN(Cc2ccc(F)cc2)[C@H](C)C1=O. The molecular weight excluding hydrogens is 319 g/mol. The molecular formula is C20H23FN2O2. The van der Waals surface area contributed by atoms with E-state index in [0.29, 0.717) is 18.8 Å². The molecule has 132 valence electrons. The van der Waals surface area contributed by atoms with Crippen LogP contribution >= 0.6 is 0 Å². The van der Waals surface area contributed by atoms with Crippen molar-refractivity contribution in [2.75, 3.05) is 25.1 Å². The topological polar surface area (TPSA) is 32.8 Å². The van der Waals surface area contributed by atoms with Crippen LogP contribution in [0.25, 0.3) is 0 Å². The molecule has 0 aromatic heterocycles. The minimum atomic E-state index is -0.246. The van der Waals surface area contributed by atoms with E-state index in [1.165, 1.54) is 12.1 Å². The lowest BCUT2D eigenvalue weighted by molar-refractivity contribution is -0.125. The average molecular weight is 342 g/mol. The normalized spacial score (nSPS) is 18.5. The molecule has 1 aliphatic heterocycles. The summed E-state index contributed by atoms with van der Waals surface area (Å²) in [6, 6.07) is 12.0. The molecule has 1 aliphatic rings. The third kappa shape index (κ3) is 3.66. The lowest BCUT2D eigenvalue weighted by atomic mass is 10.1. The standard InChI is InChI=1S/C20H23FN2O2/c1-14-4-9-19(25-3)18(12-14)23-11-10-22(15(2)20(23)24)13-16-5-7-17(21)8-6-16/h4-9,12,15H,10-11,13H2,1-3H3/t15-/m1/s1. The van der Waals surface area contributed by atoms with Crippen molar-refractivity contribution in [2.24, 2.45) is 0 Å². The Morgan fingerprint density at radius 2 is 1.88 bits per heavy atom. The molecule has 0 unspecified atom stereocenters. The Kier molecular flexibility index (Phi) is 5.04. The molecule has 5 heteroatoms. The highest BCUT2D eigenvalue weighted by Crippen LogP contribution is 2.31. The van der Waals surface area contributed by atoms with Crippen molar-refractivity contribution in [1.29, 1.82) is 0 Å². The van der Waals surface area contributed by atoms with Crippen LogP contribution in [-0.2, 0) is 11.3 Å². The van der Waals surface area contributed by atoms with Gasteiger partial charge in [0.15, 0.2) is 0 Å². The zero-order valence-corrected chi connectivity index (χ0v) is 14.8. The average Bonchev–Trinajstić information content (AvgIpc) is 2.61. The van der Waals surface area contributed by atoms with Crippen molar-refractivity contribution in [1.82, 2.24) is 4.90 Å². The van der Waals surface area contributed by atoms with Gasteiger partial charge >= 0.3 is 0 Å². The highest BCUT2D eigenvalue weighted by atomic mass is 19.1. The molecule has 4 nitrogen and oxygen atoms in total. The van der Waals surface area contributed by atoms with E-state index >= 15 is 0 Å². The maximum absolute atomic E-state index is 13.1. The molecule has 2 aromatic rings. The number of carbonyl (C=O) groups excluding carboxylic acids is 1. The third-order valence-electron chi connectivity index (χ3n) is 4.71. The van der Waals surface area contributed by atoms with Crippen LogP contribution in [0.3, 0.4) is 0 Å². The Labute approximate surface area is 147 Å². The number of piperazine rings is 1. The number of ether oxygens (including phenoxy) is 1. The summed E-state index contributed by atoms with van der Waals surface area (Å²) in [6.07, 6.45) is 0. The van der Waals surface area contributed by atoms with Gasteiger partial charge < -0.3 is 9.64 Å². The molecule has 3 rings (SSSR count). The van der Waals surface area contributed by atoms with Crippen molar-refractivity contribution in [3.63, 3.8) is 0 Å². The summed E-state index contributed by atoms with van der Waals surface area (Å²) in [5, 5.41) is 0. The maximum atomic E-state index is 13.1. The van der Waals surface area contributed by atoms with Gasteiger partial charge in [-0.05, 0) is 49.2 Å². The molecule has 0 radical (unpaired) electrons. The molecule has 1 heterocycles. The van der Waals surface area contributed by atoms with Gasteiger partial charge in [-0.3, -0.25) is 9.69 Å². The van der Waals surface area contributed by atoms with Crippen LogP contribution in [0.4, 0.5) is 10.1 Å². The van der Waals surface area contributed by atoms with Crippen molar-refractivity contribution < 1.29 is 13.9 Å². The van der Waals surface area contributed by atoms with Crippen molar-refractivity contribution >= 4 is 11.6 Å². The van der Waals surface area contributed by atoms with E-state index < -0.39 is 0 Å². The molecule has 0 spiro atoms. The monoisotopic (exact) mass is 342 g/mol. The Morgan fingerprint density at radius 3 is 2.56 bits per heavy atom. The van der Waals surface area contributed by atoms with Crippen molar-refractivity contribution in [2.45, 2.75) is 26.4 Å². The number of anilines is 1. The molecule has 25 heavy (non-hydrogen) atoms. The lowest BCUT2D eigenvalue weighted by Crippen LogP contribution is -2.55. The summed E-state index contributed by atoms with van der Waals surface area (Å²) in [4.78, 5) is 16.9. The zero-order chi connectivity index (χ0) is 18.0. The third-order valence-corrected chi connectivity index (χ3v) is 4.71. The first-order chi connectivity index (χ1) is 12.0. The molecule has 0 aliphatic carbocycles. The van der Waals surface area contributed by atoms with Crippen LogP contribution in [0.5, 0.6) is 5.75 Å². The molecule has 1 amide bonds. The second-order valence-electron chi connectivity index (χ2n) is 6.44. The number of hydrogen-bond acceptors (Lipinski definition) is 3. The lowest BCUT2D eigenvalue weighted by Gasteiger charge is -2.39. The molecule has 1 atom stereocenters. The molecule has 2 aromatic carbocycles. The summed E-state index contributed by atoms with van der Waals surface area (Å²) in [6.45, 7) is 5.90. The van der Waals surface area contributed by atoms with E-state index in [2.05, 4.69) is 4.90 Å². The van der Waals surface area contributed by atoms with Crippen LogP contribution in [0.1, 0.15) is 18.1 Å². The van der Waals surface area contributed by atoms with Gasteiger partial charge in [0.05, 0.1) is 18.8 Å². The maximum Gasteiger partial charge on any atom is 0.244 e. The quantitative estimate of drug-likeness (QED) is 0.854. The largest absolute Gasteiger partial charge is 0.495 e. The van der Waals surface area contributed by atoms with Crippen LogP contribution in [-0.4, -0.2) is 37.0 Å². The summed E-state index contributed by atoms with van der Waals surface area (Å²) in [5.41, 5.74) is 2.91. The molecule has 0 saturated carbocycles. The Hall–Kier alpha value is -2.40. The van der Waals surface area contributed by atoms with Crippen molar-refractivity contribution in [3.05, 3.63) is 59.4 Å². The van der Waals surface area contributed by atoms with Gasteiger partial charge in [0, 0.05) is 19.6 Å². The van der Waals surface area contributed by atoms with E-state index in [0.717, 1.165) is 23.4 Å². The fourth-order valence-corrected chi connectivity index (χ4v) is 3.20. The first-order valence-electron chi connectivity index (χ1n) is 8.44. The highest BCUT2D eigenvalue weighted by Gasteiger charge is 2.33. The van der Waals surface area contributed by atoms with E-state index in [1.807, 2.05) is 32.0 Å². The number of hydrogen-bond donors (Lipinski definition) is 0. The summed E-state index contributed by atoms with van der Waals surface area (Å²) in [5.74, 6) is 0.514. The van der Waals surface area contributed by atoms with Gasteiger partial charge in [-0.15, -0.1) is 0 Å². The minimum Gasteiger partial charge on any atom is -0.495 e. The summed E-state index contributed by atoms with van der Waals surface area (Å²) in [7, 11) is 1.62. The van der Waals surface area contributed by atoms with Crippen LogP contribution in [0, 0.1) is 12.7 Å². The number of carbonyl (C=O) groups is 1. The van der Waals surface area contributed by atoms with Gasteiger partial charge in [0.1, 0.15) is 11.6 Å². The molecule has 1 saturated heterocycles. The van der Waals surface area contributed by atoms with Gasteiger partial charge in [-0.1, -0.05) is 18.2 Å². The van der Waals surface area contributed by atoms with Crippen LogP contribution in [0.2, 0.25) is 0 Å². The smallest absolute Gasteiger partial charge is 0.244 e. The number of nitrogens with zero attached hydrogens (tertiary/aromatic N) is 2. The second kappa shape index (κ2) is 7.23. The number of rotatable bonds is 4. The number of amides is 1. The fraction of sp³-hybridized carbons (Fsp3) is 0.350. The zero-order valence-electron chi connectivity index (χ0n) is 14.8. The summed E-state index contributed by atoms with van der Waals surface area (Å²) < 4.78 is 18.5. The second-order valence-corrected chi connectivity index (χ2v) is 6.44. The van der Waals surface area contributed by atoms with E-state index in [-0.39, 0.29) is 17.8 Å². The Morgan fingerprint density at radius 1 is 1.16 bits per heavy atom. The van der Waals surface area contributed by atoms with Gasteiger partial charge in [-0.2, -0.15) is 0 Å². The van der Waals surface area contributed by atoms with E-state index in [4.69, 9.17) is 4.74 Å². The van der Waals surface area contributed by atoms with Crippen LogP contribution in [0.15, 0.2) is 42.5 Å². The van der Waals surface area contributed by atoms with Gasteiger partial charge in [-0.25, -0.2) is 4.39 Å². The fourth-order valence-electron chi connectivity index (χ4n) is 3.20. The number of aryl methyl sites for hydroxylation is 1. The summed E-state index contributed by atoms with van der Waals surface area (Å²) >= 11 is 0. The minimum absolute atomic E-state index is 0.0530. The van der Waals surface area contributed by atoms with Crippen LogP contribution < -0.4 is 9.64 Å². The van der Waals surface area contributed by atoms with E-state index in [1.54, 1.807) is 24.1 Å². The van der Waals surface area contributed by atoms with Gasteiger partial charge in [0.2, 0.25) is 5.91 Å². The first-order valence-corrected chi connectivity index (χ1v) is 8.44. The predicted octanol–water partition coefficient (Wildman–Crippen LogP) is 3.38. The number of benzene rings is 2. The molecule has 0 bridgehead atoms. The molecule has 1 fully saturated rings. The van der Waals surface area contributed by atoms with E-state index in [9.17, 15) is 9.18 Å². The van der Waals surface area contributed by atoms with Gasteiger partial charge in [0.25, 0.3) is 0 Å². The number of halogens is 1. The Balaban J connectivity index is 1.77. The highest BCUT2D eigenvalue weighted by molar-refractivity contribution is 5.99. The number of methoxy groups -OCH3 is 1. The predicted molar refractivity (Wildman–Crippen MR) is 96.4 cm³/mol. The molecule has 0 N–H and O–H groups in total. The van der Waals surface area contributed by atoms with Crippen molar-refractivity contribution in [3.8, 4) is 5.75 Å². The first kappa shape index (κ1) is 17.4. The Bertz CT molecular complexity index is 761.